The van der Waals surface area contributed by atoms with Gasteiger partial charge in [-0.15, -0.1) is 0 Å². The van der Waals surface area contributed by atoms with E-state index in [2.05, 4.69) is 10.0 Å². The van der Waals surface area contributed by atoms with Gasteiger partial charge < -0.3 is 10.1 Å². The van der Waals surface area contributed by atoms with Gasteiger partial charge in [-0.25, -0.2) is 13.1 Å². The number of nitrogens with one attached hydrogen (secondary N) is 2. The van der Waals surface area contributed by atoms with Gasteiger partial charge in [-0.05, 0) is 37.9 Å². The van der Waals surface area contributed by atoms with Crippen LogP contribution < -0.4 is 14.8 Å². The molecule has 1 aliphatic heterocycles. The van der Waals surface area contributed by atoms with Crippen molar-refractivity contribution in [2.45, 2.75) is 36.3 Å². The Kier molecular flexibility index (Phi) is 3.47. The molecule has 1 unspecified atom stereocenters. The van der Waals surface area contributed by atoms with E-state index < -0.39 is 10.0 Å². The van der Waals surface area contributed by atoms with Crippen LogP contribution in [-0.4, -0.2) is 33.7 Å². The molecule has 0 spiro atoms. The van der Waals surface area contributed by atoms with Gasteiger partial charge in [-0.3, -0.25) is 0 Å². The normalized spacial score (nSPS) is 23.5. The van der Waals surface area contributed by atoms with Crippen molar-refractivity contribution in [1.29, 1.82) is 0 Å². The van der Waals surface area contributed by atoms with Crippen molar-refractivity contribution in [2.75, 3.05) is 13.1 Å². The van der Waals surface area contributed by atoms with Crippen molar-refractivity contribution in [2.24, 2.45) is 0 Å². The van der Waals surface area contributed by atoms with Gasteiger partial charge in [-0.2, -0.15) is 0 Å². The van der Waals surface area contributed by atoms with Gasteiger partial charge in [0.25, 0.3) is 0 Å². The molecule has 1 saturated heterocycles. The average Bonchev–Trinajstić information content (AvgIpc) is 3.03. The Morgan fingerprint density at radius 1 is 1.21 bits per heavy atom. The number of rotatable bonds is 5. The third-order valence-corrected chi connectivity index (χ3v) is 4.91. The molecule has 2 N–H and O–H groups in total. The van der Waals surface area contributed by atoms with E-state index in [0.717, 1.165) is 32.4 Å². The summed E-state index contributed by atoms with van der Waals surface area (Å²) >= 11 is 0. The summed E-state index contributed by atoms with van der Waals surface area (Å²) in [5.74, 6) is 0.448. The molecule has 2 aliphatic rings. The van der Waals surface area contributed by atoms with Crippen LogP contribution in [0, 0.1) is 0 Å². The van der Waals surface area contributed by atoms with Gasteiger partial charge in [-0.1, -0.05) is 12.1 Å². The van der Waals surface area contributed by atoms with Crippen molar-refractivity contribution in [1.82, 2.24) is 10.0 Å². The zero-order chi connectivity index (χ0) is 13.3. The van der Waals surface area contributed by atoms with Crippen LogP contribution in [0.15, 0.2) is 29.2 Å². The van der Waals surface area contributed by atoms with E-state index in [0.29, 0.717) is 5.75 Å². The van der Waals surface area contributed by atoms with Gasteiger partial charge in [0.15, 0.2) is 0 Å². The highest BCUT2D eigenvalue weighted by Crippen LogP contribution is 2.28. The molecule has 1 atom stereocenters. The first-order valence-corrected chi connectivity index (χ1v) is 8.12. The number of hydrogen-bond donors (Lipinski definition) is 2. The first-order chi connectivity index (χ1) is 9.15. The van der Waals surface area contributed by atoms with Gasteiger partial charge in [0.1, 0.15) is 16.7 Å². The summed E-state index contributed by atoms with van der Waals surface area (Å²) in [5, 5.41) is 3.20. The lowest BCUT2D eigenvalue weighted by molar-refractivity contribution is 0.217. The average molecular weight is 282 g/mol. The van der Waals surface area contributed by atoms with Gasteiger partial charge in [0.05, 0.1) is 0 Å². The molecule has 0 amide bonds. The molecule has 6 heteroatoms. The zero-order valence-corrected chi connectivity index (χ0v) is 11.4. The van der Waals surface area contributed by atoms with Crippen molar-refractivity contribution in [3.05, 3.63) is 24.3 Å². The highest BCUT2D eigenvalue weighted by atomic mass is 32.2. The van der Waals surface area contributed by atoms with E-state index in [4.69, 9.17) is 4.74 Å². The summed E-state index contributed by atoms with van der Waals surface area (Å²) in [6.07, 6.45) is 2.81. The SMILES string of the molecule is O=S(=O)(NC1CC1)c1ccccc1OC1CCNC1. The number of hydrogen-bond acceptors (Lipinski definition) is 4. The Bertz CT molecular complexity index is 549. The summed E-state index contributed by atoms with van der Waals surface area (Å²) < 4.78 is 33.0. The first-order valence-electron chi connectivity index (χ1n) is 6.64. The molecule has 0 radical (unpaired) electrons. The Morgan fingerprint density at radius 2 is 2.00 bits per heavy atom. The Labute approximate surface area is 113 Å². The third kappa shape index (κ3) is 3.08. The number of ether oxygens (including phenoxy) is 1. The second kappa shape index (κ2) is 5.11. The summed E-state index contributed by atoms with van der Waals surface area (Å²) in [6.45, 7) is 1.68. The Balaban J connectivity index is 1.83. The minimum atomic E-state index is -3.46. The molecule has 1 heterocycles. The predicted octanol–water partition coefficient (Wildman–Crippen LogP) is 0.868. The van der Waals surface area contributed by atoms with E-state index in [1.54, 1.807) is 24.3 Å². The molecule has 5 nitrogen and oxygen atoms in total. The highest BCUT2D eigenvalue weighted by molar-refractivity contribution is 7.89. The van der Waals surface area contributed by atoms with Crippen molar-refractivity contribution < 1.29 is 13.2 Å². The summed E-state index contributed by atoms with van der Waals surface area (Å²) in [4.78, 5) is 0.244. The Morgan fingerprint density at radius 3 is 2.68 bits per heavy atom. The molecule has 104 valence electrons. The molecule has 1 aromatic rings. The molecule has 1 aromatic carbocycles. The lowest BCUT2D eigenvalue weighted by Crippen LogP contribution is -2.27. The molecular weight excluding hydrogens is 264 g/mol. The minimum Gasteiger partial charge on any atom is -0.488 e. The van der Waals surface area contributed by atoms with E-state index in [9.17, 15) is 8.42 Å². The van der Waals surface area contributed by atoms with Crippen LogP contribution in [0.25, 0.3) is 0 Å². The molecule has 1 saturated carbocycles. The van der Waals surface area contributed by atoms with Gasteiger partial charge in [0.2, 0.25) is 10.0 Å². The monoisotopic (exact) mass is 282 g/mol. The van der Waals surface area contributed by atoms with Crippen LogP contribution in [0.5, 0.6) is 5.75 Å². The van der Waals surface area contributed by atoms with Gasteiger partial charge >= 0.3 is 0 Å². The lowest BCUT2D eigenvalue weighted by Gasteiger charge is -2.16. The molecule has 2 fully saturated rings. The zero-order valence-electron chi connectivity index (χ0n) is 10.6. The van der Waals surface area contributed by atoms with E-state index in [1.165, 1.54) is 0 Å². The van der Waals surface area contributed by atoms with Crippen LogP contribution >= 0.6 is 0 Å². The number of benzene rings is 1. The maximum Gasteiger partial charge on any atom is 0.244 e. The van der Waals surface area contributed by atoms with Crippen LogP contribution in [0.1, 0.15) is 19.3 Å². The molecule has 3 rings (SSSR count). The fraction of sp³-hybridized carbons (Fsp3) is 0.538. The number of para-hydroxylation sites is 1. The minimum absolute atomic E-state index is 0.0530. The van der Waals surface area contributed by atoms with Crippen LogP contribution in [0.2, 0.25) is 0 Å². The smallest absolute Gasteiger partial charge is 0.244 e. The molecule has 19 heavy (non-hydrogen) atoms. The first kappa shape index (κ1) is 12.9. The maximum absolute atomic E-state index is 12.3. The second-order valence-electron chi connectivity index (χ2n) is 5.07. The van der Waals surface area contributed by atoms with E-state index in [-0.39, 0.29) is 17.0 Å². The summed E-state index contributed by atoms with van der Waals surface area (Å²) in [6, 6.07) is 6.95. The predicted molar refractivity (Wildman–Crippen MR) is 71.7 cm³/mol. The molecule has 1 aliphatic carbocycles. The third-order valence-electron chi connectivity index (χ3n) is 3.35. The number of sulfonamides is 1. The van der Waals surface area contributed by atoms with Crippen LogP contribution in [0.4, 0.5) is 0 Å². The maximum atomic E-state index is 12.3. The van der Waals surface area contributed by atoms with Gasteiger partial charge in [0, 0.05) is 12.6 Å². The standard InChI is InChI=1S/C13H18N2O3S/c16-19(17,15-10-5-6-10)13-4-2-1-3-12(13)18-11-7-8-14-9-11/h1-4,10-11,14-15H,5-9H2. The Hall–Kier alpha value is -1.11. The van der Waals surface area contributed by atoms with Crippen LogP contribution in [0.3, 0.4) is 0 Å². The molecule has 0 bridgehead atoms. The lowest BCUT2D eigenvalue weighted by atomic mass is 10.3. The van der Waals surface area contributed by atoms with Crippen molar-refractivity contribution >= 4 is 10.0 Å². The van der Waals surface area contributed by atoms with Crippen molar-refractivity contribution in [3.8, 4) is 5.75 Å². The largest absolute Gasteiger partial charge is 0.488 e. The topological polar surface area (TPSA) is 67.4 Å². The molecular formula is C13H18N2O3S. The van der Waals surface area contributed by atoms with E-state index >= 15 is 0 Å². The summed E-state index contributed by atoms with van der Waals surface area (Å²) in [7, 11) is -3.46. The van der Waals surface area contributed by atoms with Crippen LogP contribution in [-0.2, 0) is 10.0 Å². The summed E-state index contributed by atoms with van der Waals surface area (Å²) in [5.41, 5.74) is 0. The molecule has 0 aromatic heterocycles. The fourth-order valence-corrected chi connectivity index (χ4v) is 3.60. The highest BCUT2D eigenvalue weighted by Gasteiger charge is 2.30. The quantitative estimate of drug-likeness (QED) is 0.841. The van der Waals surface area contributed by atoms with Crippen molar-refractivity contribution in [3.63, 3.8) is 0 Å². The second-order valence-corrected chi connectivity index (χ2v) is 6.76. The fourth-order valence-electron chi connectivity index (χ4n) is 2.16. The van der Waals surface area contributed by atoms with E-state index in [1.807, 2.05) is 0 Å².